The summed E-state index contributed by atoms with van der Waals surface area (Å²) in [6.45, 7) is 4.10. The van der Waals surface area contributed by atoms with Gasteiger partial charge >= 0.3 is 0 Å². The number of fused-ring (bicyclic) bond motifs is 1. The zero-order valence-corrected chi connectivity index (χ0v) is 17.4. The van der Waals surface area contributed by atoms with Crippen LogP contribution in [-0.4, -0.2) is 36.0 Å². The average molecular weight is 391 g/mol. The second-order valence-electron chi connectivity index (χ2n) is 8.17. The first-order valence-corrected chi connectivity index (χ1v) is 10.7. The summed E-state index contributed by atoms with van der Waals surface area (Å²) in [6, 6.07) is 16.5. The number of nitrogens with one attached hydrogen (secondary N) is 1. The van der Waals surface area contributed by atoms with Crippen LogP contribution in [-0.2, 0) is 11.2 Å². The van der Waals surface area contributed by atoms with Crippen LogP contribution in [0.2, 0.25) is 0 Å². The predicted octanol–water partition coefficient (Wildman–Crippen LogP) is 5.42. The van der Waals surface area contributed by atoms with E-state index in [4.69, 9.17) is 4.74 Å². The summed E-state index contributed by atoms with van der Waals surface area (Å²) in [5, 5.41) is 1.20. The van der Waals surface area contributed by atoms with Crippen LogP contribution in [0.25, 0.3) is 22.2 Å². The molecule has 4 nitrogen and oxygen atoms in total. The maximum Gasteiger partial charge on any atom is 0.222 e. The Kier molecular flexibility index (Phi) is 5.89. The van der Waals surface area contributed by atoms with Crippen molar-refractivity contribution in [3.8, 4) is 17.0 Å². The van der Waals surface area contributed by atoms with Gasteiger partial charge in [-0.3, -0.25) is 4.79 Å². The molecule has 4 rings (SSSR count). The van der Waals surface area contributed by atoms with Gasteiger partial charge in [-0.2, -0.15) is 0 Å². The molecule has 1 saturated heterocycles. The van der Waals surface area contributed by atoms with Gasteiger partial charge in [-0.1, -0.05) is 25.1 Å². The fourth-order valence-electron chi connectivity index (χ4n) is 4.37. The van der Waals surface area contributed by atoms with Crippen LogP contribution in [0.3, 0.4) is 0 Å². The molecule has 0 bridgehead atoms. The largest absolute Gasteiger partial charge is 0.497 e. The predicted molar refractivity (Wildman–Crippen MR) is 118 cm³/mol. The molecule has 2 heterocycles. The number of aromatic nitrogens is 1. The molecule has 1 N–H and O–H groups in total. The van der Waals surface area contributed by atoms with Gasteiger partial charge in [0.25, 0.3) is 0 Å². The van der Waals surface area contributed by atoms with Gasteiger partial charge < -0.3 is 14.6 Å². The second-order valence-corrected chi connectivity index (χ2v) is 8.17. The number of aromatic amines is 1. The van der Waals surface area contributed by atoms with Crippen molar-refractivity contribution >= 4 is 16.8 Å². The van der Waals surface area contributed by atoms with Gasteiger partial charge in [-0.05, 0) is 73.1 Å². The van der Waals surface area contributed by atoms with E-state index in [9.17, 15) is 4.79 Å². The van der Waals surface area contributed by atoms with Crippen LogP contribution in [0.4, 0.5) is 0 Å². The van der Waals surface area contributed by atoms with E-state index in [1.54, 1.807) is 7.11 Å². The number of hydrogen-bond donors (Lipinski definition) is 1. The van der Waals surface area contributed by atoms with Crippen molar-refractivity contribution in [1.29, 1.82) is 0 Å². The molecule has 0 saturated carbocycles. The lowest BCUT2D eigenvalue weighted by molar-refractivity contribution is -0.131. The lowest BCUT2D eigenvalue weighted by Gasteiger charge is -2.20. The van der Waals surface area contributed by atoms with E-state index in [2.05, 4.69) is 47.1 Å². The average Bonchev–Trinajstić information content (AvgIpc) is 2.98. The number of rotatable bonds is 5. The molecule has 3 aromatic rings. The smallest absolute Gasteiger partial charge is 0.222 e. The molecule has 1 aliphatic rings. The molecular weight excluding hydrogens is 360 g/mol. The zero-order chi connectivity index (χ0) is 20.2. The van der Waals surface area contributed by atoms with Crippen LogP contribution in [0.15, 0.2) is 48.5 Å². The van der Waals surface area contributed by atoms with Crippen molar-refractivity contribution in [2.24, 2.45) is 5.92 Å². The molecule has 1 aromatic heterocycles. The van der Waals surface area contributed by atoms with Crippen LogP contribution >= 0.6 is 0 Å². The number of hydrogen-bond acceptors (Lipinski definition) is 2. The Bertz CT molecular complexity index is 974. The summed E-state index contributed by atoms with van der Waals surface area (Å²) in [5.74, 6) is 1.85. The first-order chi connectivity index (χ1) is 14.2. The summed E-state index contributed by atoms with van der Waals surface area (Å²) in [7, 11) is 1.68. The Morgan fingerprint density at radius 3 is 2.69 bits per heavy atom. The molecular formula is C25H30N2O2. The molecule has 0 radical (unpaired) electrons. The third kappa shape index (κ3) is 4.31. The molecule has 1 aliphatic heterocycles. The zero-order valence-electron chi connectivity index (χ0n) is 17.4. The quantitative estimate of drug-likeness (QED) is 0.632. The molecule has 1 amide bonds. The molecule has 0 spiro atoms. The number of amides is 1. The fraction of sp³-hybridized carbons (Fsp3) is 0.400. The number of aryl methyl sites for hydroxylation is 1. The van der Waals surface area contributed by atoms with Gasteiger partial charge in [0.1, 0.15) is 5.75 Å². The molecule has 1 atom stereocenters. The number of methoxy groups -OCH3 is 1. The number of carbonyl (C=O) groups excluding carboxylic acids is 1. The van der Waals surface area contributed by atoms with E-state index < -0.39 is 0 Å². The molecule has 152 valence electrons. The number of H-pyrrole nitrogens is 1. The van der Waals surface area contributed by atoms with E-state index in [1.165, 1.54) is 17.4 Å². The third-order valence-corrected chi connectivity index (χ3v) is 6.15. The van der Waals surface area contributed by atoms with E-state index in [0.717, 1.165) is 60.8 Å². The minimum atomic E-state index is 0.282. The topological polar surface area (TPSA) is 45.3 Å². The van der Waals surface area contributed by atoms with Gasteiger partial charge in [0, 0.05) is 36.1 Å². The van der Waals surface area contributed by atoms with Crippen LogP contribution in [0.5, 0.6) is 5.75 Å². The number of carbonyl (C=O) groups is 1. The Morgan fingerprint density at radius 1 is 1.10 bits per heavy atom. The molecule has 0 aliphatic carbocycles. The summed E-state index contributed by atoms with van der Waals surface area (Å²) in [5.41, 5.74) is 4.56. The van der Waals surface area contributed by atoms with Crippen molar-refractivity contribution in [3.63, 3.8) is 0 Å². The molecule has 1 fully saturated rings. The first kappa shape index (κ1) is 19.6. The summed E-state index contributed by atoms with van der Waals surface area (Å²) in [6.07, 6.45) is 4.77. The van der Waals surface area contributed by atoms with Gasteiger partial charge in [0.05, 0.1) is 7.11 Å². The maximum absolute atomic E-state index is 12.9. The number of para-hydroxylation sites is 1. The lowest BCUT2D eigenvalue weighted by atomic mass is 10.0. The highest BCUT2D eigenvalue weighted by atomic mass is 16.5. The SMILES string of the molecule is COc1ccc(-c2[nH]c3ccccc3c2CCC(=O)N2CCC[C@@H](C)CC2)cc1. The van der Waals surface area contributed by atoms with Crippen molar-refractivity contribution in [2.45, 2.75) is 39.0 Å². The Hall–Kier alpha value is -2.75. The third-order valence-electron chi connectivity index (χ3n) is 6.15. The van der Waals surface area contributed by atoms with E-state index in [1.807, 2.05) is 18.2 Å². The van der Waals surface area contributed by atoms with Crippen molar-refractivity contribution in [1.82, 2.24) is 9.88 Å². The van der Waals surface area contributed by atoms with Crippen LogP contribution < -0.4 is 4.74 Å². The highest BCUT2D eigenvalue weighted by Gasteiger charge is 2.20. The number of likely N-dealkylation sites (tertiary alicyclic amines) is 1. The van der Waals surface area contributed by atoms with Gasteiger partial charge in [-0.25, -0.2) is 0 Å². The first-order valence-electron chi connectivity index (χ1n) is 10.7. The van der Waals surface area contributed by atoms with Crippen LogP contribution in [0.1, 0.15) is 38.2 Å². The molecule has 2 aromatic carbocycles. The Morgan fingerprint density at radius 2 is 1.90 bits per heavy atom. The van der Waals surface area contributed by atoms with Crippen molar-refractivity contribution in [2.75, 3.05) is 20.2 Å². The van der Waals surface area contributed by atoms with Gasteiger partial charge in [-0.15, -0.1) is 0 Å². The minimum Gasteiger partial charge on any atom is -0.497 e. The van der Waals surface area contributed by atoms with E-state index in [0.29, 0.717) is 6.42 Å². The van der Waals surface area contributed by atoms with Crippen LogP contribution in [0, 0.1) is 5.92 Å². The van der Waals surface area contributed by atoms with Gasteiger partial charge in [0.2, 0.25) is 5.91 Å². The van der Waals surface area contributed by atoms with E-state index >= 15 is 0 Å². The normalized spacial score (nSPS) is 17.3. The van der Waals surface area contributed by atoms with Gasteiger partial charge in [0.15, 0.2) is 0 Å². The summed E-state index contributed by atoms with van der Waals surface area (Å²) < 4.78 is 5.30. The fourth-order valence-corrected chi connectivity index (χ4v) is 4.37. The molecule has 4 heteroatoms. The second kappa shape index (κ2) is 8.73. The summed E-state index contributed by atoms with van der Waals surface area (Å²) >= 11 is 0. The highest BCUT2D eigenvalue weighted by molar-refractivity contribution is 5.91. The number of benzene rings is 2. The maximum atomic E-state index is 12.9. The summed E-state index contributed by atoms with van der Waals surface area (Å²) in [4.78, 5) is 18.6. The molecule has 0 unspecified atom stereocenters. The van der Waals surface area contributed by atoms with Crippen molar-refractivity contribution in [3.05, 3.63) is 54.1 Å². The standard InChI is InChI=1S/C25H30N2O2/c1-18-6-5-16-27(17-15-18)24(28)14-13-22-21-7-3-4-8-23(21)26-25(22)19-9-11-20(29-2)12-10-19/h3-4,7-12,18,26H,5-6,13-17H2,1-2H3/t18-/m1/s1. The number of ether oxygens (including phenoxy) is 1. The Balaban J connectivity index is 1.58. The molecule has 29 heavy (non-hydrogen) atoms. The monoisotopic (exact) mass is 390 g/mol. The lowest BCUT2D eigenvalue weighted by Crippen LogP contribution is -2.32. The highest BCUT2D eigenvalue weighted by Crippen LogP contribution is 2.32. The Labute approximate surface area is 172 Å². The number of nitrogens with zero attached hydrogens (tertiary/aromatic N) is 1. The van der Waals surface area contributed by atoms with E-state index in [-0.39, 0.29) is 5.91 Å². The van der Waals surface area contributed by atoms with Crippen molar-refractivity contribution < 1.29 is 9.53 Å². The minimum absolute atomic E-state index is 0.282.